The van der Waals surface area contributed by atoms with E-state index in [-0.39, 0.29) is 16.6 Å². The highest BCUT2D eigenvalue weighted by molar-refractivity contribution is 7.99. The van der Waals surface area contributed by atoms with Gasteiger partial charge in [0.25, 0.3) is 10.0 Å². The van der Waals surface area contributed by atoms with E-state index in [4.69, 9.17) is 4.74 Å². The molecule has 8 nitrogen and oxygen atoms in total. The number of nitrogens with one attached hydrogen (secondary N) is 1. The minimum Gasteiger partial charge on any atom is -0.497 e. The predicted molar refractivity (Wildman–Crippen MR) is 115 cm³/mol. The van der Waals surface area contributed by atoms with E-state index in [1.54, 1.807) is 43.5 Å². The molecule has 0 bridgehead atoms. The normalized spacial score (nSPS) is 13.9. The molecule has 0 fully saturated rings. The van der Waals surface area contributed by atoms with Crippen LogP contribution in [0.25, 0.3) is 11.3 Å². The Labute approximate surface area is 178 Å². The Kier molecular flexibility index (Phi) is 5.35. The van der Waals surface area contributed by atoms with Crippen molar-refractivity contribution in [3.8, 4) is 17.0 Å². The van der Waals surface area contributed by atoms with Crippen molar-refractivity contribution in [3.05, 3.63) is 54.7 Å². The van der Waals surface area contributed by atoms with Crippen molar-refractivity contribution in [1.82, 2.24) is 9.97 Å². The maximum Gasteiger partial charge on any atom is 0.267 e. The van der Waals surface area contributed by atoms with E-state index in [0.717, 1.165) is 11.8 Å². The van der Waals surface area contributed by atoms with Crippen LogP contribution in [-0.2, 0) is 14.8 Å². The number of ether oxygens (including phenoxy) is 1. The highest BCUT2D eigenvalue weighted by Gasteiger charge is 2.34. The Balaban J connectivity index is 1.54. The van der Waals surface area contributed by atoms with Crippen LogP contribution in [0.3, 0.4) is 0 Å². The molecule has 1 aliphatic rings. The number of hydrogen-bond acceptors (Lipinski definition) is 7. The summed E-state index contributed by atoms with van der Waals surface area (Å²) in [7, 11) is -0.663. The third kappa shape index (κ3) is 3.71. The largest absolute Gasteiger partial charge is 0.497 e. The monoisotopic (exact) mass is 442 g/mol. The van der Waals surface area contributed by atoms with Crippen LogP contribution < -0.4 is 14.4 Å². The molecular weight excluding hydrogens is 424 g/mol. The van der Waals surface area contributed by atoms with Crippen LogP contribution in [0.2, 0.25) is 0 Å². The fourth-order valence-electron chi connectivity index (χ4n) is 3.06. The number of benzene rings is 2. The number of carbonyl (C=O) groups excluding carboxylic acids is 1. The third-order valence-corrected chi connectivity index (χ3v) is 7.19. The Hall–Kier alpha value is -3.11. The number of amides is 1. The number of methoxy groups -OCH3 is 1. The zero-order valence-corrected chi connectivity index (χ0v) is 17.8. The van der Waals surface area contributed by atoms with Gasteiger partial charge >= 0.3 is 0 Å². The Morgan fingerprint density at radius 3 is 2.80 bits per heavy atom. The number of nitrogens with zero attached hydrogens (tertiary/aromatic N) is 3. The van der Waals surface area contributed by atoms with E-state index in [1.165, 1.54) is 17.5 Å². The number of aromatic nitrogens is 2. The third-order valence-electron chi connectivity index (χ3n) is 4.56. The molecule has 4 rings (SSSR count). The van der Waals surface area contributed by atoms with Crippen molar-refractivity contribution < 1.29 is 17.9 Å². The van der Waals surface area contributed by atoms with Crippen LogP contribution in [0.5, 0.6) is 5.75 Å². The van der Waals surface area contributed by atoms with E-state index >= 15 is 0 Å². The summed E-state index contributed by atoms with van der Waals surface area (Å²) in [5.41, 5.74) is 2.22. The van der Waals surface area contributed by atoms with Crippen molar-refractivity contribution in [1.29, 1.82) is 0 Å². The first-order chi connectivity index (χ1) is 14.4. The number of rotatable bonds is 5. The van der Waals surface area contributed by atoms with Gasteiger partial charge in [-0.2, -0.15) is 0 Å². The van der Waals surface area contributed by atoms with Gasteiger partial charge in [0.2, 0.25) is 5.91 Å². The maximum atomic E-state index is 12.8. The molecule has 0 spiro atoms. The quantitative estimate of drug-likeness (QED) is 0.479. The Morgan fingerprint density at radius 2 is 2.00 bits per heavy atom. The van der Waals surface area contributed by atoms with Crippen molar-refractivity contribution >= 4 is 39.1 Å². The second-order valence-corrected chi connectivity index (χ2v) is 9.30. The minimum atomic E-state index is -3.72. The number of hydrogen-bond donors (Lipinski definition) is 1. The van der Waals surface area contributed by atoms with Gasteiger partial charge in [-0.25, -0.2) is 18.4 Å². The molecule has 154 valence electrons. The topological polar surface area (TPSA) is 101 Å². The molecule has 0 saturated heterocycles. The molecule has 3 aromatic rings. The van der Waals surface area contributed by atoms with Gasteiger partial charge in [0.15, 0.2) is 5.16 Å². The van der Waals surface area contributed by atoms with Crippen LogP contribution in [0.15, 0.2) is 64.8 Å². The lowest BCUT2D eigenvalue weighted by Crippen LogP contribution is -2.31. The molecule has 2 aromatic carbocycles. The fourth-order valence-corrected chi connectivity index (χ4v) is 4.97. The van der Waals surface area contributed by atoms with Crippen LogP contribution in [0, 0.1) is 0 Å². The van der Waals surface area contributed by atoms with Crippen LogP contribution in [-0.4, -0.2) is 44.2 Å². The van der Waals surface area contributed by atoms with Gasteiger partial charge in [0, 0.05) is 24.4 Å². The molecule has 30 heavy (non-hydrogen) atoms. The summed E-state index contributed by atoms with van der Waals surface area (Å²) in [5.74, 6) is 0.482. The van der Waals surface area contributed by atoms with Crippen LogP contribution in [0.1, 0.15) is 0 Å². The Morgan fingerprint density at radius 1 is 1.20 bits per heavy atom. The van der Waals surface area contributed by atoms with Crippen molar-refractivity contribution in [2.45, 2.75) is 10.1 Å². The number of thioether (sulfide) groups is 1. The molecule has 1 aromatic heterocycles. The highest BCUT2D eigenvalue weighted by atomic mass is 32.2. The molecule has 10 heteroatoms. The van der Waals surface area contributed by atoms with E-state index in [1.807, 2.05) is 12.1 Å². The molecule has 1 aliphatic heterocycles. The smallest absolute Gasteiger partial charge is 0.267 e. The lowest BCUT2D eigenvalue weighted by atomic mass is 10.1. The lowest BCUT2D eigenvalue weighted by molar-refractivity contribution is -0.113. The molecule has 0 unspecified atom stereocenters. The van der Waals surface area contributed by atoms with Crippen molar-refractivity contribution in [2.75, 3.05) is 29.5 Å². The summed E-state index contributed by atoms with van der Waals surface area (Å²) >= 11 is 1.13. The van der Waals surface area contributed by atoms with Crippen molar-refractivity contribution in [3.63, 3.8) is 0 Å². The van der Waals surface area contributed by atoms with E-state index in [9.17, 15) is 13.2 Å². The molecular formula is C20H18N4O4S2. The summed E-state index contributed by atoms with van der Waals surface area (Å²) in [4.78, 5) is 20.9. The van der Waals surface area contributed by atoms with Gasteiger partial charge < -0.3 is 10.1 Å². The minimum absolute atomic E-state index is 0.0499. The second-order valence-electron chi connectivity index (χ2n) is 6.42. The number of anilines is 2. The summed E-state index contributed by atoms with van der Waals surface area (Å²) in [6.07, 6.45) is 1.30. The number of fused-ring (bicyclic) bond motifs is 3. The first-order valence-electron chi connectivity index (χ1n) is 8.92. The van der Waals surface area contributed by atoms with Gasteiger partial charge in [-0.15, -0.1) is 0 Å². The van der Waals surface area contributed by atoms with Crippen LogP contribution in [0.4, 0.5) is 11.4 Å². The Bertz CT molecular complexity index is 1230. The van der Waals surface area contributed by atoms with Crippen molar-refractivity contribution in [2.24, 2.45) is 0 Å². The predicted octanol–water partition coefficient (Wildman–Crippen LogP) is 3.02. The zero-order chi connectivity index (χ0) is 21.3. The average molecular weight is 443 g/mol. The fraction of sp³-hybridized carbons (Fsp3) is 0.150. The highest BCUT2D eigenvalue weighted by Crippen LogP contribution is 2.41. The second kappa shape index (κ2) is 7.96. The summed E-state index contributed by atoms with van der Waals surface area (Å²) in [6, 6.07) is 14.2. The molecule has 2 heterocycles. The zero-order valence-electron chi connectivity index (χ0n) is 16.2. The van der Waals surface area contributed by atoms with Gasteiger partial charge in [-0.1, -0.05) is 36.0 Å². The first kappa shape index (κ1) is 20.2. The van der Waals surface area contributed by atoms with E-state index < -0.39 is 10.0 Å². The lowest BCUT2D eigenvalue weighted by Gasteiger charge is -2.28. The molecule has 0 aliphatic carbocycles. The summed E-state index contributed by atoms with van der Waals surface area (Å²) in [5, 5.41) is 3.11. The average Bonchev–Trinajstić information content (AvgIpc) is 2.76. The maximum absolute atomic E-state index is 12.8. The van der Waals surface area contributed by atoms with Gasteiger partial charge in [0.1, 0.15) is 10.6 Å². The number of sulfonamides is 1. The summed E-state index contributed by atoms with van der Waals surface area (Å²) in [6.45, 7) is 0. The first-order valence-corrected chi connectivity index (χ1v) is 11.3. The van der Waals surface area contributed by atoms with Gasteiger partial charge in [-0.3, -0.25) is 9.10 Å². The molecule has 1 amide bonds. The van der Waals surface area contributed by atoms with E-state index in [2.05, 4.69) is 15.3 Å². The molecule has 1 N–H and O–H groups in total. The van der Waals surface area contributed by atoms with Crippen LogP contribution >= 0.6 is 11.8 Å². The molecule has 0 radical (unpaired) electrons. The SMILES string of the molecule is COc1cccc(NC(=O)CSc2ncc3c(n2)-c2ccccc2N(C)S3(=O)=O)c1. The molecule has 0 saturated carbocycles. The van der Waals surface area contributed by atoms with E-state index in [0.29, 0.717) is 33.5 Å². The number of para-hydroxylation sites is 1. The van der Waals surface area contributed by atoms with Gasteiger partial charge in [-0.05, 0) is 18.2 Å². The number of carbonyl (C=O) groups is 1. The standard InChI is InChI=1S/C20H18N4O4S2/c1-24-16-9-4-3-8-15(16)19-17(30(24,26)27)11-21-20(23-19)29-12-18(25)22-13-6-5-7-14(10-13)28-2/h3-11H,12H2,1-2H3,(H,22,25). The summed E-state index contributed by atoms with van der Waals surface area (Å²) < 4.78 is 31.9. The molecule has 0 atom stereocenters. The van der Waals surface area contributed by atoms with Gasteiger partial charge in [0.05, 0.1) is 30.4 Å².